The van der Waals surface area contributed by atoms with Gasteiger partial charge in [0.1, 0.15) is 5.15 Å². The topological polar surface area (TPSA) is 55.2 Å². The lowest BCUT2D eigenvalue weighted by atomic mass is 10.2. The van der Waals surface area contributed by atoms with E-state index in [1.165, 1.54) is 7.11 Å². The van der Waals surface area contributed by atoms with E-state index >= 15 is 0 Å². The molecule has 88 valence electrons. The van der Waals surface area contributed by atoms with Gasteiger partial charge in [-0.3, -0.25) is 0 Å². The van der Waals surface area contributed by atoms with Crippen molar-refractivity contribution in [2.45, 2.75) is 0 Å². The summed E-state index contributed by atoms with van der Waals surface area (Å²) in [5.74, 6) is 0.854. The highest BCUT2D eigenvalue weighted by molar-refractivity contribution is 9.10. The average molecular weight is 316 g/mol. The molecule has 1 aromatic heterocycles. The van der Waals surface area contributed by atoms with Gasteiger partial charge < -0.3 is 9.84 Å². The van der Waals surface area contributed by atoms with Gasteiger partial charge in [-0.05, 0) is 34.1 Å². The minimum Gasteiger partial charge on any atom is -0.503 e. The fourth-order valence-corrected chi connectivity index (χ4v) is 1.91. The number of phenolic OH excluding ortho intramolecular Hbond substituents is 1. The minimum absolute atomic E-state index is 0.0401. The fourth-order valence-electron chi connectivity index (χ4n) is 1.33. The maximum Gasteiger partial charge on any atom is 0.172 e. The lowest BCUT2D eigenvalue weighted by Gasteiger charge is -2.08. The number of aromatic hydroxyl groups is 1. The molecule has 1 aromatic carbocycles. The summed E-state index contributed by atoms with van der Waals surface area (Å²) in [5.41, 5.74) is 0.703. The monoisotopic (exact) mass is 314 g/mol. The second-order valence-electron chi connectivity index (χ2n) is 3.21. The molecule has 2 rings (SSSR count). The minimum atomic E-state index is 0.0401. The summed E-state index contributed by atoms with van der Waals surface area (Å²) >= 11 is 9.03. The van der Waals surface area contributed by atoms with Gasteiger partial charge in [-0.25, -0.2) is 9.97 Å². The number of methoxy groups -OCH3 is 1. The van der Waals surface area contributed by atoms with Gasteiger partial charge >= 0.3 is 0 Å². The number of hydrogen-bond acceptors (Lipinski definition) is 4. The molecular formula is C11H8BrClN2O2. The molecule has 0 aliphatic carbocycles. The van der Waals surface area contributed by atoms with E-state index in [2.05, 4.69) is 25.9 Å². The molecule has 17 heavy (non-hydrogen) atoms. The van der Waals surface area contributed by atoms with Gasteiger partial charge in [-0.2, -0.15) is 0 Å². The van der Waals surface area contributed by atoms with Crippen LogP contribution in [0.2, 0.25) is 5.15 Å². The summed E-state index contributed by atoms with van der Waals surface area (Å²) in [5, 5.41) is 10.0. The number of hydrogen-bond donors (Lipinski definition) is 1. The Kier molecular flexibility index (Phi) is 3.49. The van der Waals surface area contributed by atoms with E-state index in [1.807, 2.05) is 0 Å². The number of phenols is 1. The van der Waals surface area contributed by atoms with Crippen LogP contribution in [0.3, 0.4) is 0 Å². The molecule has 0 aliphatic rings. The van der Waals surface area contributed by atoms with Crippen molar-refractivity contribution in [2.24, 2.45) is 0 Å². The highest BCUT2D eigenvalue weighted by Crippen LogP contribution is 2.37. The molecular weight excluding hydrogens is 307 g/mol. The number of ether oxygens (including phenoxy) is 1. The van der Waals surface area contributed by atoms with E-state index < -0.39 is 0 Å². The summed E-state index contributed by atoms with van der Waals surface area (Å²) in [6.07, 6.45) is 1.57. The van der Waals surface area contributed by atoms with Gasteiger partial charge in [0.15, 0.2) is 17.3 Å². The third kappa shape index (κ3) is 2.50. The number of benzene rings is 1. The molecule has 0 unspecified atom stereocenters. The number of nitrogens with zero attached hydrogens (tertiary/aromatic N) is 2. The van der Waals surface area contributed by atoms with Crippen molar-refractivity contribution in [1.29, 1.82) is 0 Å². The van der Waals surface area contributed by atoms with Gasteiger partial charge in [0.2, 0.25) is 0 Å². The first-order chi connectivity index (χ1) is 8.11. The second kappa shape index (κ2) is 4.89. The van der Waals surface area contributed by atoms with Crippen LogP contribution in [0.5, 0.6) is 11.5 Å². The van der Waals surface area contributed by atoms with Crippen LogP contribution in [0.15, 0.2) is 28.9 Å². The van der Waals surface area contributed by atoms with Gasteiger partial charge in [0.05, 0.1) is 11.6 Å². The van der Waals surface area contributed by atoms with Crippen LogP contribution >= 0.6 is 27.5 Å². The van der Waals surface area contributed by atoms with E-state index in [4.69, 9.17) is 16.3 Å². The van der Waals surface area contributed by atoms with Crippen molar-refractivity contribution in [3.63, 3.8) is 0 Å². The molecule has 0 saturated heterocycles. The molecule has 0 amide bonds. The van der Waals surface area contributed by atoms with Crippen molar-refractivity contribution in [2.75, 3.05) is 7.11 Å². The van der Waals surface area contributed by atoms with Crippen LogP contribution in [-0.2, 0) is 0 Å². The Morgan fingerprint density at radius 2 is 2.18 bits per heavy atom. The molecule has 0 radical (unpaired) electrons. The van der Waals surface area contributed by atoms with Gasteiger partial charge in [0, 0.05) is 11.8 Å². The third-order valence-electron chi connectivity index (χ3n) is 2.13. The predicted octanol–water partition coefficient (Wildman–Crippen LogP) is 3.27. The zero-order chi connectivity index (χ0) is 12.4. The Morgan fingerprint density at radius 1 is 1.41 bits per heavy atom. The summed E-state index contributed by atoms with van der Waals surface area (Å²) in [6, 6.07) is 4.94. The molecule has 0 atom stereocenters. The first-order valence-corrected chi connectivity index (χ1v) is 5.84. The molecule has 4 nitrogen and oxygen atoms in total. The van der Waals surface area contributed by atoms with Crippen LogP contribution in [0.4, 0.5) is 0 Å². The van der Waals surface area contributed by atoms with Crippen LogP contribution < -0.4 is 4.74 Å². The van der Waals surface area contributed by atoms with Crippen LogP contribution in [0.1, 0.15) is 0 Å². The number of halogens is 2. The lowest BCUT2D eigenvalue weighted by molar-refractivity contribution is 0.372. The molecule has 1 N–H and O–H groups in total. The van der Waals surface area contributed by atoms with Gasteiger partial charge in [-0.1, -0.05) is 11.6 Å². The van der Waals surface area contributed by atoms with Crippen molar-refractivity contribution in [3.05, 3.63) is 34.0 Å². The van der Waals surface area contributed by atoms with E-state index in [1.54, 1.807) is 24.4 Å². The zero-order valence-corrected chi connectivity index (χ0v) is 11.2. The van der Waals surface area contributed by atoms with Crippen molar-refractivity contribution in [3.8, 4) is 22.9 Å². The van der Waals surface area contributed by atoms with E-state index in [-0.39, 0.29) is 5.75 Å². The van der Waals surface area contributed by atoms with Crippen LogP contribution in [0.25, 0.3) is 11.4 Å². The Hall–Kier alpha value is -1.33. The smallest absolute Gasteiger partial charge is 0.172 e. The highest BCUT2D eigenvalue weighted by Gasteiger charge is 2.11. The van der Waals surface area contributed by atoms with Crippen molar-refractivity contribution in [1.82, 2.24) is 9.97 Å². The Balaban J connectivity index is 2.56. The van der Waals surface area contributed by atoms with E-state index in [9.17, 15) is 5.11 Å². The summed E-state index contributed by atoms with van der Waals surface area (Å²) in [4.78, 5) is 8.19. The first kappa shape index (κ1) is 12.1. The largest absolute Gasteiger partial charge is 0.503 e. The average Bonchev–Trinajstić information content (AvgIpc) is 2.32. The molecule has 2 aromatic rings. The number of rotatable bonds is 2. The van der Waals surface area contributed by atoms with E-state index in [0.29, 0.717) is 26.8 Å². The van der Waals surface area contributed by atoms with Crippen molar-refractivity contribution < 1.29 is 9.84 Å². The summed E-state index contributed by atoms with van der Waals surface area (Å²) < 4.78 is 5.56. The van der Waals surface area contributed by atoms with Crippen LogP contribution in [0, 0.1) is 0 Å². The highest BCUT2D eigenvalue weighted by atomic mass is 79.9. The summed E-state index contributed by atoms with van der Waals surface area (Å²) in [7, 11) is 1.48. The summed E-state index contributed by atoms with van der Waals surface area (Å²) in [6.45, 7) is 0. The standard InChI is InChI=1S/C11H8BrClN2O2/c1-17-8-5-6(4-7(12)10(8)16)11-14-3-2-9(13)15-11/h2-5,16H,1H3. The molecule has 0 bridgehead atoms. The second-order valence-corrected chi connectivity index (χ2v) is 4.45. The fraction of sp³-hybridized carbons (Fsp3) is 0.0909. The van der Waals surface area contributed by atoms with Gasteiger partial charge in [-0.15, -0.1) is 0 Å². The molecule has 6 heteroatoms. The van der Waals surface area contributed by atoms with Crippen LogP contribution in [-0.4, -0.2) is 22.2 Å². The quantitative estimate of drug-likeness (QED) is 0.864. The third-order valence-corrected chi connectivity index (χ3v) is 2.94. The predicted molar refractivity (Wildman–Crippen MR) is 68.4 cm³/mol. The number of aromatic nitrogens is 2. The Morgan fingerprint density at radius 3 is 2.82 bits per heavy atom. The van der Waals surface area contributed by atoms with E-state index in [0.717, 1.165) is 0 Å². The van der Waals surface area contributed by atoms with Gasteiger partial charge in [0.25, 0.3) is 0 Å². The van der Waals surface area contributed by atoms with Crippen molar-refractivity contribution >= 4 is 27.5 Å². The lowest BCUT2D eigenvalue weighted by Crippen LogP contribution is -1.91. The Bertz CT molecular complexity index is 563. The normalized spacial score (nSPS) is 10.3. The SMILES string of the molecule is COc1cc(-c2nccc(Cl)n2)cc(Br)c1O. The Labute approximate surface area is 111 Å². The molecule has 0 spiro atoms. The molecule has 0 fully saturated rings. The zero-order valence-electron chi connectivity index (χ0n) is 8.82. The molecule has 0 saturated carbocycles. The maximum absolute atomic E-state index is 9.68. The molecule has 1 heterocycles. The first-order valence-electron chi connectivity index (χ1n) is 4.67. The molecule has 0 aliphatic heterocycles. The maximum atomic E-state index is 9.68.